The third kappa shape index (κ3) is 44.1. The Morgan fingerprint density at radius 2 is 0.881 bits per heavy atom. The molecule has 0 rings (SSSR count). The third-order valence-corrected chi connectivity index (χ3v) is 11.2. The number of aliphatic hydroxyl groups excluding tert-OH is 2. The van der Waals surface area contributed by atoms with Crippen LogP contribution in [0.4, 0.5) is 0 Å². The lowest BCUT2D eigenvalue weighted by atomic mass is 10.1. The van der Waals surface area contributed by atoms with E-state index in [0.29, 0.717) is 12.8 Å². The number of hydrogen-bond donors (Lipinski definition) is 3. The second kappa shape index (κ2) is 44.3. The van der Waals surface area contributed by atoms with Gasteiger partial charge in [-0.15, -0.1) is 0 Å². The number of carbonyl (C=O) groups is 2. The molecule has 0 saturated carbocycles. The summed E-state index contributed by atoms with van der Waals surface area (Å²) in [5.74, 6) is -0.926. The van der Waals surface area contributed by atoms with Crippen molar-refractivity contribution in [1.82, 2.24) is 0 Å². The summed E-state index contributed by atoms with van der Waals surface area (Å²) in [4.78, 5) is 35.1. The smallest absolute Gasteiger partial charge is 0.462 e. The first-order valence-corrected chi connectivity index (χ1v) is 25.4. The number of aliphatic hydroxyl groups is 2. The van der Waals surface area contributed by atoms with Crippen LogP contribution in [-0.2, 0) is 32.7 Å². The van der Waals surface area contributed by atoms with Gasteiger partial charge < -0.3 is 24.6 Å². The number of rotatable bonds is 45. The Morgan fingerprint density at radius 3 is 1.36 bits per heavy atom. The fourth-order valence-electron chi connectivity index (χ4n) is 6.55. The molecular weight excluding hydrogens is 767 g/mol. The molecule has 0 aromatic rings. The molecule has 0 amide bonds. The first kappa shape index (κ1) is 57.2. The topological polar surface area (TPSA) is 149 Å². The van der Waals surface area contributed by atoms with Crippen LogP contribution in [0.5, 0.6) is 0 Å². The summed E-state index contributed by atoms with van der Waals surface area (Å²) in [6.45, 7) is 2.36. The minimum absolute atomic E-state index is 0.182. The van der Waals surface area contributed by atoms with Crippen LogP contribution in [0.2, 0.25) is 0 Å². The van der Waals surface area contributed by atoms with Crippen LogP contribution >= 0.6 is 7.82 Å². The highest BCUT2D eigenvalue weighted by Gasteiger charge is 2.27. The van der Waals surface area contributed by atoms with Gasteiger partial charge in [0.05, 0.1) is 19.8 Å². The summed E-state index contributed by atoms with van der Waals surface area (Å²) in [6, 6.07) is 0. The predicted octanol–water partition coefficient (Wildman–Crippen LogP) is 13.1. The number of esters is 2. The molecule has 0 spiro atoms. The first-order valence-electron chi connectivity index (χ1n) is 23.9. The molecular formula is C48H89O10P. The standard InChI is InChI=1S/C48H89O10P/c1-3-5-7-9-11-13-15-17-19-21-22-24-25-27-29-31-33-35-37-39-47(51)55-43-46(44-57-59(53,54)56-42-45(50)41-49)58-48(52)40-38-36-34-32-30-28-26-23-20-18-16-14-12-10-8-6-4-2/h11,13-14,16-17,19,45-46,49-50H,3-10,12,15,18,20-44H2,1-2H3,(H,53,54)/b13-11+,16-14+,19-17+/t45-,46+/m0/s1. The molecule has 59 heavy (non-hydrogen) atoms. The van der Waals surface area contributed by atoms with Crippen LogP contribution in [0.15, 0.2) is 36.5 Å². The largest absolute Gasteiger partial charge is 0.472 e. The molecule has 0 saturated heterocycles. The van der Waals surface area contributed by atoms with Crippen molar-refractivity contribution in [1.29, 1.82) is 0 Å². The number of hydrogen-bond acceptors (Lipinski definition) is 9. The van der Waals surface area contributed by atoms with Gasteiger partial charge in [0.1, 0.15) is 12.7 Å². The van der Waals surface area contributed by atoms with Crippen molar-refractivity contribution in [2.24, 2.45) is 0 Å². The summed E-state index contributed by atoms with van der Waals surface area (Å²) in [7, 11) is -4.62. The Labute approximate surface area is 361 Å². The van der Waals surface area contributed by atoms with Crippen molar-refractivity contribution >= 4 is 19.8 Å². The zero-order valence-corrected chi connectivity index (χ0v) is 38.6. The maximum Gasteiger partial charge on any atom is 0.472 e. The molecule has 0 aromatic heterocycles. The number of unbranched alkanes of at least 4 members (excludes halogenated alkanes) is 25. The van der Waals surface area contributed by atoms with Gasteiger partial charge in [0.15, 0.2) is 6.10 Å². The van der Waals surface area contributed by atoms with E-state index in [-0.39, 0.29) is 19.4 Å². The van der Waals surface area contributed by atoms with E-state index in [9.17, 15) is 24.2 Å². The van der Waals surface area contributed by atoms with Crippen molar-refractivity contribution in [2.45, 2.75) is 232 Å². The third-order valence-electron chi connectivity index (χ3n) is 10.3. The summed E-state index contributed by atoms with van der Waals surface area (Å²) in [6.07, 6.45) is 46.7. The van der Waals surface area contributed by atoms with Crippen LogP contribution < -0.4 is 0 Å². The maximum atomic E-state index is 12.6. The Hall–Kier alpha value is -1.81. The second-order valence-electron chi connectivity index (χ2n) is 16.1. The molecule has 0 fully saturated rings. The highest BCUT2D eigenvalue weighted by atomic mass is 31.2. The van der Waals surface area contributed by atoms with Gasteiger partial charge in [-0.1, -0.05) is 172 Å². The number of phosphoric acid groups is 1. The molecule has 1 unspecified atom stereocenters. The Balaban J connectivity index is 4.22. The Kier molecular flexibility index (Phi) is 42.9. The molecule has 3 atom stereocenters. The lowest BCUT2D eigenvalue weighted by molar-refractivity contribution is -0.161. The quantitative estimate of drug-likeness (QED) is 0.0234. The normalized spacial score (nSPS) is 14.1. The monoisotopic (exact) mass is 857 g/mol. The summed E-state index contributed by atoms with van der Waals surface area (Å²) < 4.78 is 32.8. The molecule has 11 heteroatoms. The van der Waals surface area contributed by atoms with Crippen molar-refractivity contribution in [3.05, 3.63) is 36.5 Å². The van der Waals surface area contributed by atoms with E-state index in [1.54, 1.807) is 0 Å². The lowest BCUT2D eigenvalue weighted by Gasteiger charge is -2.20. The van der Waals surface area contributed by atoms with E-state index in [1.807, 2.05) is 0 Å². The minimum Gasteiger partial charge on any atom is -0.462 e. The van der Waals surface area contributed by atoms with Gasteiger partial charge in [-0.3, -0.25) is 18.6 Å². The van der Waals surface area contributed by atoms with E-state index in [2.05, 4.69) is 50.3 Å². The Bertz CT molecular complexity index is 1080. The van der Waals surface area contributed by atoms with E-state index in [0.717, 1.165) is 51.4 Å². The molecule has 346 valence electrons. The SMILES string of the molecule is CCCCC/C=C/C/C=C/CCCCCCCCCCCC(=O)OC[C@H](COP(=O)(O)OC[C@@H](O)CO)OC(=O)CCCCCCCCCCC/C=C/CCCCCC. The highest BCUT2D eigenvalue weighted by molar-refractivity contribution is 7.47. The lowest BCUT2D eigenvalue weighted by Crippen LogP contribution is -2.29. The van der Waals surface area contributed by atoms with Gasteiger partial charge in [0.25, 0.3) is 0 Å². The van der Waals surface area contributed by atoms with Gasteiger partial charge >= 0.3 is 19.8 Å². The van der Waals surface area contributed by atoms with Crippen molar-refractivity contribution in [3.63, 3.8) is 0 Å². The van der Waals surface area contributed by atoms with Crippen LogP contribution in [0.25, 0.3) is 0 Å². The summed E-state index contributed by atoms with van der Waals surface area (Å²) >= 11 is 0. The predicted molar refractivity (Wildman–Crippen MR) is 242 cm³/mol. The number of carbonyl (C=O) groups excluding carboxylic acids is 2. The molecule has 10 nitrogen and oxygen atoms in total. The second-order valence-corrected chi connectivity index (χ2v) is 17.6. The summed E-state index contributed by atoms with van der Waals surface area (Å²) in [5, 5.41) is 18.4. The fraction of sp³-hybridized carbons (Fsp3) is 0.833. The Morgan fingerprint density at radius 1 is 0.508 bits per heavy atom. The van der Waals surface area contributed by atoms with Gasteiger partial charge in [0.2, 0.25) is 0 Å². The van der Waals surface area contributed by atoms with Crippen molar-refractivity contribution < 1.29 is 47.8 Å². The zero-order valence-electron chi connectivity index (χ0n) is 37.7. The van der Waals surface area contributed by atoms with E-state index in [4.69, 9.17) is 23.6 Å². The molecule has 0 aliphatic heterocycles. The zero-order chi connectivity index (χ0) is 43.3. The van der Waals surface area contributed by atoms with Gasteiger partial charge in [-0.25, -0.2) is 4.57 Å². The molecule has 0 heterocycles. The van der Waals surface area contributed by atoms with E-state index in [1.165, 1.54) is 128 Å². The highest BCUT2D eigenvalue weighted by Crippen LogP contribution is 2.43. The molecule has 0 aromatic carbocycles. The average molecular weight is 857 g/mol. The van der Waals surface area contributed by atoms with Crippen LogP contribution in [0.3, 0.4) is 0 Å². The minimum atomic E-state index is -4.62. The number of ether oxygens (including phenoxy) is 2. The molecule has 0 radical (unpaired) electrons. The van der Waals surface area contributed by atoms with Gasteiger partial charge in [-0.05, 0) is 70.6 Å². The fourth-order valence-corrected chi connectivity index (χ4v) is 7.34. The first-order chi connectivity index (χ1) is 28.7. The van der Waals surface area contributed by atoms with Crippen molar-refractivity contribution in [3.8, 4) is 0 Å². The van der Waals surface area contributed by atoms with E-state index < -0.39 is 51.8 Å². The van der Waals surface area contributed by atoms with Crippen LogP contribution in [0, 0.1) is 0 Å². The van der Waals surface area contributed by atoms with Gasteiger partial charge in [-0.2, -0.15) is 0 Å². The molecule has 3 N–H and O–H groups in total. The van der Waals surface area contributed by atoms with Gasteiger partial charge in [0, 0.05) is 12.8 Å². The average Bonchev–Trinajstić information content (AvgIpc) is 3.22. The molecule has 0 aliphatic rings. The summed E-state index contributed by atoms with van der Waals surface area (Å²) in [5.41, 5.74) is 0. The van der Waals surface area contributed by atoms with Crippen molar-refractivity contribution in [2.75, 3.05) is 26.4 Å². The molecule has 0 bridgehead atoms. The molecule has 0 aliphatic carbocycles. The van der Waals surface area contributed by atoms with Crippen LogP contribution in [-0.4, -0.2) is 65.7 Å². The maximum absolute atomic E-state index is 12.6. The number of phosphoric ester groups is 1. The van der Waals surface area contributed by atoms with Crippen LogP contribution in [0.1, 0.15) is 219 Å². The number of allylic oxidation sites excluding steroid dienone is 6. The van der Waals surface area contributed by atoms with E-state index >= 15 is 0 Å².